The Morgan fingerprint density at radius 1 is 1.08 bits per heavy atom. The van der Waals surface area contributed by atoms with E-state index in [0.29, 0.717) is 29.7 Å². The molecule has 124 valence electrons. The molecule has 2 aromatic carbocycles. The predicted octanol–water partition coefficient (Wildman–Crippen LogP) is 5.42. The fraction of sp³-hybridized carbons (Fsp3) is 0.211. The van der Waals surface area contributed by atoms with E-state index in [1.165, 1.54) is 5.57 Å². The third-order valence-electron chi connectivity index (χ3n) is 3.96. The first kappa shape index (κ1) is 16.9. The highest BCUT2D eigenvalue weighted by molar-refractivity contribution is 6.42. The zero-order valence-electron chi connectivity index (χ0n) is 13.0. The number of amides is 1. The molecule has 0 aliphatic carbocycles. The van der Waals surface area contributed by atoms with Crippen molar-refractivity contribution in [3.8, 4) is 0 Å². The van der Waals surface area contributed by atoms with Crippen molar-refractivity contribution >= 4 is 34.9 Å². The summed E-state index contributed by atoms with van der Waals surface area (Å²) in [6.07, 6.45) is 2.51. The summed E-state index contributed by atoms with van der Waals surface area (Å²) in [7, 11) is 0. The zero-order chi connectivity index (χ0) is 16.9. The van der Waals surface area contributed by atoms with Gasteiger partial charge in [-0.3, -0.25) is 0 Å². The summed E-state index contributed by atoms with van der Waals surface area (Å²) in [5.41, 5.74) is 3.19. The van der Waals surface area contributed by atoms with Gasteiger partial charge in [-0.2, -0.15) is 0 Å². The maximum Gasteiger partial charge on any atom is 0.410 e. The monoisotopic (exact) mass is 361 g/mol. The second-order valence-corrected chi connectivity index (χ2v) is 6.41. The van der Waals surface area contributed by atoms with Crippen LogP contribution in [-0.2, 0) is 11.3 Å². The van der Waals surface area contributed by atoms with Crippen molar-refractivity contribution in [2.45, 2.75) is 13.0 Å². The number of halogens is 2. The van der Waals surface area contributed by atoms with E-state index in [4.69, 9.17) is 27.9 Å². The van der Waals surface area contributed by atoms with Gasteiger partial charge in [0.15, 0.2) is 0 Å². The van der Waals surface area contributed by atoms with Gasteiger partial charge in [0.2, 0.25) is 0 Å². The average molecular weight is 362 g/mol. The Morgan fingerprint density at radius 2 is 1.88 bits per heavy atom. The van der Waals surface area contributed by atoms with Crippen LogP contribution in [0.15, 0.2) is 54.6 Å². The molecule has 5 heteroatoms. The Hall–Kier alpha value is -1.97. The van der Waals surface area contributed by atoms with Crippen LogP contribution in [0.25, 0.3) is 5.57 Å². The van der Waals surface area contributed by atoms with E-state index in [0.717, 1.165) is 17.5 Å². The van der Waals surface area contributed by atoms with E-state index in [9.17, 15) is 4.79 Å². The van der Waals surface area contributed by atoms with Crippen LogP contribution in [0.3, 0.4) is 0 Å². The maximum atomic E-state index is 12.1. The van der Waals surface area contributed by atoms with Crippen LogP contribution in [0.1, 0.15) is 17.5 Å². The molecule has 1 aliphatic rings. The van der Waals surface area contributed by atoms with E-state index in [2.05, 4.69) is 0 Å². The van der Waals surface area contributed by atoms with Crippen LogP contribution in [0.2, 0.25) is 10.0 Å². The molecule has 0 bridgehead atoms. The van der Waals surface area contributed by atoms with Crippen molar-refractivity contribution in [3.63, 3.8) is 0 Å². The van der Waals surface area contributed by atoms with Gasteiger partial charge >= 0.3 is 6.09 Å². The maximum absolute atomic E-state index is 12.1. The lowest BCUT2D eigenvalue weighted by molar-refractivity contribution is 0.0998. The van der Waals surface area contributed by atoms with Gasteiger partial charge in [-0.05, 0) is 35.3 Å². The molecule has 0 radical (unpaired) electrons. The standard InChI is InChI=1S/C19H17Cl2NO2/c20-17-7-6-16(12-18(17)21)15-8-10-22(11-9-15)19(23)24-13-14-4-2-1-3-5-14/h1-8,12H,9-11,13H2. The topological polar surface area (TPSA) is 29.5 Å². The van der Waals surface area contributed by atoms with E-state index in [-0.39, 0.29) is 6.09 Å². The summed E-state index contributed by atoms with van der Waals surface area (Å²) >= 11 is 12.0. The highest BCUT2D eigenvalue weighted by Crippen LogP contribution is 2.29. The van der Waals surface area contributed by atoms with Crippen LogP contribution in [0.4, 0.5) is 4.79 Å². The minimum Gasteiger partial charge on any atom is -0.445 e. The number of carbonyl (C=O) groups excluding carboxylic acids is 1. The minimum absolute atomic E-state index is 0.289. The van der Waals surface area contributed by atoms with Crippen molar-refractivity contribution in [3.05, 3.63) is 75.8 Å². The van der Waals surface area contributed by atoms with Crippen LogP contribution < -0.4 is 0 Å². The van der Waals surface area contributed by atoms with Crippen molar-refractivity contribution < 1.29 is 9.53 Å². The molecular formula is C19H17Cl2NO2. The molecule has 0 saturated heterocycles. The van der Waals surface area contributed by atoms with E-state index >= 15 is 0 Å². The van der Waals surface area contributed by atoms with Gasteiger partial charge in [-0.25, -0.2) is 4.79 Å². The number of rotatable bonds is 3. The molecule has 1 amide bonds. The highest BCUT2D eigenvalue weighted by Gasteiger charge is 2.19. The normalized spacial score (nSPS) is 14.2. The molecule has 3 rings (SSSR count). The Bertz CT molecular complexity index is 759. The lowest BCUT2D eigenvalue weighted by atomic mass is 10.00. The van der Waals surface area contributed by atoms with Crippen molar-refractivity contribution in [2.75, 3.05) is 13.1 Å². The molecule has 0 aromatic heterocycles. The summed E-state index contributed by atoms with van der Waals surface area (Å²) in [6.45, 7) is 1.45. The van der Waals surface area contributed by atoms with Gasteiger partial charge in [0.05, 0.1) is 10.0 Å². The van der Waals surface area contributed by atoms with E-state index in [1.807, 2.05) is 48.5 Å². The van der Waals surface area contributed by atoms with Crippen molar-refractivity contribution in [1.29, 1.82) is 0 Å². The fourth-order valence-electron chi connectivity index (χ4n) is 2.60. The average Bonchev–Trinajstić information content (AvgIpc) is 2.63. The fourth-order valence-corrected chi connectivity index (χ4v) is 2.90. The van der Waals surface area contributed by atoms with Gasteiger partial charge in [0.25, 0.3) is 0 Å². The van der Waals surface area contributed by atoms with Crippen molar-refractivity contribution in [2.24, 2.45) is 0 Å². The van der Waals surface area contributed by atoms with Crippen LogP contribution in [0, 0.1) is 0 Å². The zero-order valence-corrected chi connectivity index (χ0v) is 14.6. The molecule has 0 saturated carbocycles. The largest absolute Gasteiger partial charge is 0.445 e. The van der Waals surface area contributed by atoms with Gasteiger partial charge in [0, 0.05) is 13.1 Å². The third-order valence-corrected chi connectivity index (χ3v) is 4.70. The Labute approximate surface area is 151 Å². The smallest absolute Gasteiger partial charge is 0.410 e. The Morgan fingerprint density at radius 3 is 2.54 bits per heavy atom. The van der Waals surface area contributed by atoms with E-state index in [1.54, 1.807) is 11.0 Å². The Kier molecular flexibility index (Phi) is 5.44. The van der Waals surface area contributed by atoms with Crippen LogP contribution in [0.5, 0.6) is 0 Å². The molecule has 0 unspecified atom stereocenters. The molecule has 1 heterocycles. The van der Waals surface area contributed by atoms with Gasteiger partial charge < -0.3 is 9.64 Å². The van der Waals surface area contributed by atoms with Gasteiger partial charge in [-0.15, -0.1) is 0 Å². The first-order valence-electron chi connectivity index (χ1n) is 7.73. The third kappa shape index (κ3) is 4.11. The molecule has 3 nitrogen and oxygen atoms in total. The number of nitrogens with zero attached hydrogens (tertiary/aromatic N) is 1. The second kappa shape index (κ2) is 7.73. The molecule has 0 atom stereocenters. The highest BCUT2D eigenvalue weighted by atomic mass is 35.5. The summed E-state index contributed by atoms with van der Waals surface area (Å²) in [6, 6.07) is 15.3. The van der Waals surface area contributed by atoms with Crippen molar-refractivity contribution in [1.82, 2.24) is 4.90 Å². The summed E-state index contributed by atoms with van der Waals surface area (Å²) < 4.78 is 5.36. The van der Waals surface area contributed by atoms with Gasteiger partial charge in [0.1, 0.15) is 6.61 Å². The quantitative estimate of drug-likeness (QED) is 0.730. The Balaban J connectivity index is 1.58. The number of benzene rings is 2. The predicted molar refractivity (Wildman–Crippen MR) is 97.3 cm³/mol. The number of carbonyl (C=O) groups is 1. The summed E-state index contributed by atoms with van der Waals surface area (Å²) in [5, 5.41) is 1.09. The van der Waals surface area contributed by atoms with Crippen LogP contribution in [-0.4, -0.2) is 24.1 Å². The SMILES string of the molecule is O=C(OCc1ccccc1)N1CC=C(c2ccc(Cl)c(Cl)c2)CC1. The molecule has 24 heavy (non-hydrogen) atoms. The van der Waals surface area contributed by atoms with Gasteiger partial charge in [-0.1, -0.05) is 65.7 Å². The summed E-state index contributed by atoms with van der Waals surface area (Å²) in [5.74, 6) is 0. The molecule has 0 spiro atoms. The number of hydrogen-bond donors (Lipinski definition) is 0. The molecule has 0 fully saturated rings. The minimum atomic E-state index is -0.289. The molecular weight excluding hydrogens is 345 g/mol. The lowest BCUT2D eigenvalue weighted by Gasteiger charge is -2.26. The molecule has 1 aliphatic heterocycles. The molecule has 2 aromatic rings. The van der Waals surface area contributed by atoms with Crippen LogP contribution >= 0.6 is 23.2 Å². The lowest BCUT2D eigenvalue weighted by Crippen LogP contribution is -2.35. The second-order valence-electron chi connectivity index (χ2n) is 5.59. The van der Waals surface area contributed by atoms with E-state index < -0.39 is 0 Å². The summed E-state index contributed by atoms with van der Waals surface area (Å²) in [4.78, 5) is 13.8. The first-order valence-corrected chi connectivity index (χ1v) is 8.49. The molecule has 0 N–H and O–H groups in total. The first-order chi connectivity index (χ1) is 11.6. The number of hydrogen-bond acceptors (Lipinski definition) is 2. The number of ether oxygens (including phenoxy) is 1.